The summed E-state index contributed by atoms with van der Waals surface area (Å²) in [5.41, 5.74) is 1.06. The fourth-order valence-corrected chi connectivity index (χ4v) is 3.88. The van der Waals surface area contributed by atoms with Gasteiger partial charge in [-0.15, -0.1) is 0 Å². The second kappa shape index (κ2) is 11.9. The third kappa shape index (κ3) is 6.13. The molecule has 0 atom stereocenters. The highest BCUT2D eigenvalue weighted by molar-refractivity contribution is 5.78. The number of ether oxygens (including phenoxy) is 4. The number of carbonyl (C=O) groups is 1. The highest BCUT2D eigenvalue weighted by Gasteiger charge is 2.26. The number of aromatic nitrogens is 1. The second-order valence-corrected chi connectivity index (χ2v) is 8.10. The lowest BCUT2D eigenvalue weighted by atomic mass is 10.2. The molecule has 0 unspecified atom stereocenters. The summed E-state index contributed by atoms with van der Waals surface area (Å²) in [5, 5.41) is 9.58. The number of benzene rings is 2. The minimum Gasteiger partial charge on any atom is -0.497 e. The van der Waals surface area contributed by atoms with Crippen molar-refractivity contribution in [1.29, 1.82) is 5.26 Å². The monoisotopic (exact) mass is 504 g/mol. The van der Waals surface area contributed by atoms with E-state index in [1.807, 2.05) is 29.2 Å². The van der Waals surface area contributed by atoms with E-state index in [0.29, 0.717) is 55.2 Å². The SMILES string of the molecule is COc1ccc(OCC(=O)N2CCN(c3oc(/C=C/c4ccc(OC)c(OC)c4)nc3C#N)CC2)cc1. The van der Waals surface area contributed by atoms with Crippen molar-refractivity contribution in [3.05, 3.63) is 59.6 Å². The molecule has 1 aliphatic rings. The first-order chi connectivity index (χ1) is 18.0. The standard InChI is InChI=1S/C27H28N4O6/c1-33-20-6-8-21(9-7-20)36-18-26(32)30-12-14-31(15-13-30)27-22(17-28)29-25(37-27)11-5-19-4-10-23(34-2)24(16-19)35-3/h4-11,16H,12-15,18H2,1-3H3/b11-5+. The number of hydrogen-bond acceptors (Lipinski definition) is 9. The number of rotatable bonds is 9. The lowest BCUT2D eigenvalue weighted by Crippen LogP contribution is -2.50. The van der Waals surface area contributed by atoms with Crippen LogP contribution >= 0.6 is 0 Å². The van der Waals surface area contributed by atoms with E-state index in [4.69, 9.17) is 23.4 Å². The number of piperazine rings is 1. The van der Waals surface area contributed by atoms with Gasteiger partial charge in [-0.05, 0) is 48.0 Å². The number of carbonyl (C=O) groups excluding carboxylic acids is 1. The predicted octanol–water partition coefficient (Wildman–Crippen LogP) is 3.47. The molecule has 0 aliphatic carbocycles. The zero-order chi connectivity index (χ0) is 26.2. The van der Waals surface area contributed by atoms with Gasteiger partial charge in [0.05, 0.1) is 21.3 Å². The quantitative estimate of drug-likeness (QED) is 0.432. The second-order valence-electron chi connectivity index (χ2n) is 8.10. The van der Waals surface area contributed by atoms with Crippen LogP contribution in [0.4, 0.5) is 5.88 Å². The third-order valence-electron chi connectivity index (χ3n) is 5.90. The molecule has 10 heteroatoms. The van der Waals surface area contributed by atoms with Crippen LogP contribution in [0.15, 0.2) is 46.9 Å². The maximum atomic E-state index is 12.6. The molecule has 4 rings (SSSR count). The number of hydrogen-bond donors (Lipinski definition) is 0. The summed E-state index contributed by atoms with van der Waals surface area (Å²) in [6.07, 6.45) is 3.51. The molecule has 0 spiro atoms. The Balaban J connectivity index is 1.34. The Labute approximate surface area is 215 Å². The van der Waals surface area contributed by atoms with E-state index < -0.39 is 0 Å². The van der Waals surface area contributed by atoms with E-state index in [-0.39, 0.29) is 18.2 Å². The van der Waals surface area contributed by atoms with Crippen molar-refractivity contribution in [2.75, 3.05) is 59.0 Å². The van der Waals surface area contributed by atoms with E-state index in [0.717, 1.165) is 11.3 Å². The topological polar surface area (TPSA) is 110 Å². The lowest BCUT2D eigenvalue weighted by Gasteiger charge is -2.34. The Kier molecular flexibility index (Phi) is 8.15. The Hall–Kier alpha value is -4.65. The van der Waals surface area contributed by atoms with Crippen LogP contribution in [-0.4, -0.2) is 69.9 Å². The fraction of sp³-hybridized carbons (Fsp3) is 0.296. The van der Waals surface area contributed by atoms with E-state index in [1.54, 1.807) is 56.6 Å². The molecule has 0 N–H and O–H groups in total. The summed E-state index contributed by atoms with van der Waals surface area (Å²) in [5.74, 6) is 3.17. The minimum absolute atomic E-state index is 0.0524. The van der Waals surface area contributed by atoms with Crippen molar-refractivity contribution in [3.8, 4) is 29.1 Å². The molecule has 1 fully saturated rings. The van der Waals surface area contributed by atoms with Crippen LogP contribution < -0.4 is 23.8 Å². The average Bonchev–Trinajstić information content (AvgIpc) is 3.38. The van der Waals surface area contributed by atoms with Crippen LogP contribution in [0, 0.1) is 11.3 Å². The molecule has 1 aliphatic heterocycles. The molecule has 192 valence electrons. The molecule has 0 radical (unpaired) electrons. The van der Waals surface area contributed by atoms with Crippen LogP contribution in [-0.2, 0) is 4.79 Å². The predicted molar refractivity (Wildman–Crippen MR) is 137 cm³/mol. The molecule has 1 saturated heterocycles. The molecule has 2 aromatic carbocycles. The molecule has 2 heterocycles. The third-order valence-corrected chi connectivity index (χ3v) is 5.90. The average molecular weight is 505 g/mol. The maximum Gasteiger partial charge on any atom is 0.260 e. The number of oxazole rings is 1. The molecule has 37 heavy (non-hydrogen) atoms. The molecule has 3 aromatic rings. The molecule has 0 bridgehead atoms. The van der Waals surface area contributed by atoms with Crippen molar-refractivity contribution in [3.63, 3.8) is 0 Å². The largest absolute Gasteiger partial charge is 0.497 e. The molecule has 0 saturated carbocycles. The van der Waals surface area contributed by atoms with Gasteiger partial charge in [-0.2, -0.15) is 10.2 Å². The van der Waals surface area contributed by atoms with E-state index >= 15 is 0 Å². The van der Waals surface area contributed by atoms with Crippen LogP contribution in [0.3, 0.4) is 0 Å². The highest BCUT2D eigenvalue weighted by Crippen LogP contribution is 2.29. The molecule has 1 amide bonds. The van der Waals surface area contributed by atoms with Crippen LogP contribution in [0.2, 0.25) is 0 Å². The number of amides is 1. The lowest BCUT2D eigenvalue weighted by molar-refractivity contribution is -0.133. The summed E-state index contributed by atoms with van der Waals surface area (Å²) in [6.45, 7) is 1.93. The van der Waals surface area contributed by atoms with Crippen molar-refractivity contribution in [2.45, 2.75) is 0 Å². The van der Waals surface area contributed by atoms with E-state index in [9.17, 15) is 10.1 Å². The first-order valence-electron chi connectivity index (χ1n) is 11.6. The highest BCUT2D eigenvalue weighted by atomic mass is 16.5. The van der Waals surface area contributed by atoms with Gasteiger partial charge in [-0.1, -0.05) is 6.07 Å². The van der Waals surface area contributed by atoms with Gasteiger partial charge in [0.25, 0.3) is 5.91 Å². The minimum atomic E-state index is -0.105. The summed E-state index contributed by atoms with van der Waals surface area (Å²) in [6, 6.07) is 14.7. The van der Waals surface area contributed by atoms with Crippen molar-refractivity contribution >= 4 is 23.9 Å². The Morgan fingerprint density at radius 2 is 1.68 bits per heavy atom. The van der Waals surface area contributed by atoms with Crippen LogP contribution in [0.1, 0.15) is 17.1 Å². The number of anilines is 1. The van der Waals surface area contributed by atoms with Gasteiger partial charge in [-0.3, -0.25) is 4.79 Å². The summed E-state index contributed by atoms with van der Waals surface area (Å²) >= 11 is 0. The Morgan fingerprint density at radius 1 is 0.973 bits per heavy atom. The van der Waals surface area contributed by atoms with Gasteiger partial charge in [0.2, 0.25) is 17.5 Å². The van der Waals surface area contributed by atoms with Crippen molar-refractivity contribution in [2.24, 2.45) is 0 Å². The summed E-state index contributed by atoms with van der Waals surface area (Å²) in [4.78, 5) is 20.6. The van der Waals surface area contributed by atoms with Gasteiger partial charge in [0, 0.05) is 32.3 Å². The van der Waals surface area contributed by atoms with Crippen molar-refractivity contribution < 1.29 is 28.2 Å². The molecule has 1 aromatic heterocycles. The van der Waals surface area contributed by atoms with E-state index in [2.05, 4.69) is 11.1 Å². The first kappa shape index (κ1) is 25.4. The summed E-state index contributed by atoms with van der Waals surface area (Å²) < 4.78 is 27.2. The normalized spacial score (nSPS) is 13.4. The van der Waals surface area contributed by atoms with Crippen molar-refractivity contribution in [1.82, 2.24) is 9.88 Å². The number of nitriles is 1. The fourth-order valence-electron chi connectivity index (χ4n) is 3.88. The Morgan fingerprint density at radius 3 is 2.32 bits per heavy atom. The van der Waals surface area contributed by atoms with Gasteiger partial charge < -0.3 is 33.2 Å². The van der Waals surface area contributed by atoms with Gasteiger partial charge in [-0.25, -0.2) is 0 Å². The Bertz CT molecular complexity index is 1290. The van der Waals surface area contributed by atoms with Gasteiger partial charge in [0.15, 0.2) is 18.1 Å². The smallest absolute Gasteiger partial charge is 0.260 e. The number of nitrogens with zero attached hydrogens (tertiary/aromatic N) is 4. The summed E-state index contributed by atoms with van der Waals surface area (Å²) in [7, 11) is 4.75. The zero-order valence-corrected chi connectivity index (χ0v) is 21.0. The maximum absolute atomic E-state index is 12.6. The van der Waals surface area contributed by atoms with Crippen LogP contribution in [0.25, 0.3) is 12.2 Å². The molecular weight excluding hydrogens is 476 g/mol. The number of methoxy groups -OCH3 is 3. The first-order valence-corrected chi connectivity index (χ1v) is 11.6. The molecular formula is C27H28N4O6. The van der Waals surface area contributed by atoms with E-state index in [1.165, 1.54) is 0 Å². The molecule has 10 nitrogen and oxygen atoms in total. The van der Waals surface area contributed by atoms with Gasteiger partial charge >= 0.3 is 0 Å². The van der Waals surface area contributed by atoms with Crippen LogP contribution in [0.5, 0.6) is 23.0 Å². The van der Waals surface area contributed by atoms with Gasteiger partial charge in [0.1, 0.15) is 17.6 Å². The zero-order valence-electron chi connectivity index (χ0n) is 21.0.